The molecule has 0 aliphatic rings. The highest BCUT2D eigenvalue weighted by atomic mass is 16.5. The van der Waals surface area contributed by atoms with Gasteiger partial charge in [0.1, 0.15) is 29.3 Å². The van der Waals surface area contributed by atoms with Crippen LogP contribution in [-0.2, 0) is 16.0 Å². The SMILES string of the molecule is NC(=O)C(=O)C(Cc1ccco1)NC(=O)c1conc1-c1ccccn1. The number of nitrogens with zero attached hydrogens (tertiary/aromatic N) is 2. The first-order valence-electron chi connectivity index (χ1n) is 7.59. The van der Waals surface area contributed by atoms with Gasteiger partial charge in [0.25, 0.3) is 11.8 Å². The Labute approximate surface area is 147 Å². The average Bonchev–Trinajstić information content (AvgIpc) is 3.32. The summed E-state index contributed by atoms with van der Waals surface area (Å²) >= 11 is 0. The van der Waals surface area contributed by atoms with E-state index in [0.717, 1.165) is 6.26 Å². The van der Waals surface area contributed by atoms with E-state index in [-0.39, 0.29) is 17.7 Å². The van der Waals surface area contributed by atoms with Crippen LogP contribution in [0, 0.1) is 0 Å². The lowest BCUT2D eigenvalue weighted by atomic mass is 10.1. The molecule has 0 spiro atoms. The molecule has 0 radical (unpaired) electrons. The number of pyridine rings is 1. The van der Waals surface area contributed by atoms with E-state index in [9.17, 15) is 14.4 Å². The Bertz CT molecular complexity index is 918. The summed E-state index contributed by atoms with van der Waals surface area (Å²) in [5.41, 5.74) is 5.78. The summed E-state index contributed by atoms with van der Waals surface area (Å²) < 4.78 is 10.0. The Morgan fingerprint density at radius 2 is 2.04 bits per heavy atom. The largest absolute Gasteiger partial charge is 0.469 e. The molecule has 0 aliphatic carbocycles. The number of nitrogens with one attached hydrogen (secondary N) is 1. The van der Waals surface area contributed by atoms with Crippen molar-refractivity contribution in [2.24, 2.45) is 5.73 Å². The number of ketones is 1. The Morgan fingerprint density at radius 3 is 2.69 bits per heavy atom. The number of nitrogens with two attached hydrogens (primary N) is 1. The van der Waals surface area contributed by atoms with Gasteiger partial charge >= 0.3 is 0 Å². The summed E-state index contributed by atoms with van der Waals surface area (Å²) in [6, 6.07) is 7.17. The molecule has 132 valence electrons. The van der Waals surface area contributed by atoms with E-state index < -0.39 is 23.6 Å². The van der Waals surface area contributed by atoms with E-state index in [4.69, 9.17) is 14.7 Å². The van der Waals surface area contributed by atoms with Crippen molar-refractivity contribution < 1.29 is 23.3 Å². The maximum atomic E-state index is 12.6. The van der Waals surface area contributed by atoms with Crippen LogP contribution in [-0.4, -0.2) is 33.8 Å². The van der Waals surface area contributed by atoms with Crippen molar-refractivity contribution in [3.05, 3.63) is 60.4 Å². The molecule has 2 amide bonds. The van der Waals surface area contributed by atoms with Gasteiger partial charge in [-0.1, -0.05) is 11.2 Å². The fourth-order valence-corrected chi connectivity index (χ4v) is 2.33. The number of hydrogen-bond donors (Lipinski definition) is 2. The number of carbonyl (C=O) groups is 3. The molecule has 0 aromatic carbocycles. The van der Waals surface area contributed by atoms with Crippen LogP contribution in [0.25, 0.3) is 11.4 Å². The van der Waals surface area contributed by atoms with Crippen molar-refractivity contribution in [2.45, 2.75) is 12.5 Å². The Balaban J connectivity index is 1.83. The first-order chi connectivity index (χ1) is 12.6. The molecular weight excluding hydrogens is 340 g/mol. The zero-order valence-corrected chi connectivity index (χ0v) is 13.4. The number of aromatic nitrogens is 2. The van der Waals surface area contributed by atoms with E-state index in [0.29, 0.717) is 11.5 Å². The normalized spacial score (nSPS) is 11.7. The van der Waals surface area contributed by atoms with Gasteiger partial charge in [-0.3, -0.25) is 19.4 Å². The molecule has 3 heterocycles. The molecule has 9 nitrogen and oxygen atoms in total. The minimum Gasteiger partial charge on any atom is -0.469 e. The van der Waals surface area contributed by atoms with Crippen molar-refractivity contribution in [3.8, 4) is 11.4 Å². The zero-order chi connectivity index (χ0) is 18.5. The standard InChI is InChI=1S/C17H14N4O5/c18-16(23)15(22)13(8-10-4-3-7-25-10)20-17(24)11-9-26-21-14(11)12-5-1-2-6-19-12/h1-7,9,13H,8H2,(H2,18,23)(H,20,24). The second kappa shape index (κ2) is 7.43. The molecule has 1 unspecified atom stereocenters. The molecule has 1 atom stereocenters. The monoisotopic (exact) mass is 354 g/mol. The highest BCUT2D eigenvalue weighted by molar-refractivity contribution is 6.38. The third kappa shape index (κ3) is 3.66. The van der Waals surface area contributed by atoms with E-state index in [1.54, 1.807) is 36.5 Å². The Morgan fingerprint density at radius 1 is 1.19 bits per heavy atom. The van der Waals surface area contributed by atoms with E-state index >= 15 is 0 Å². The van der Waals surface area contributed by atoms with Gasteiger partial charge < -0.3 is 20.0 Å². The van der Waals surface area contributed by atoms with Gasteiger partial charge in [-0.15, -0.1) is 0 Å². The van der Waals surface area contributed by atoms with Gasteiger partial charge in [0, 0.05) is 12.6 Å². The van der Waals surface area contributed by atoms with E-state index in [1.165, 1.54) is 6.26 Å². The highest BCUT2D eigenvalue weighted by Gasteiger charge is 2.28. The van der Waals surface area contributed by atoms with Crippen molar-refractivity contribution in [1.82, 2.24) is 15.5 Å². The molecule has 3 aromatic rings. The summed E-state index contributed by atoms with van der Waals surface area (Å²) in [7, 11) is 0. The van der Waals surface area contributed by atoms with E-state index in [1.807, 2.05) is 0 Å². The third-order valence-corrected chi connectivity index (χ3v) is 3.57. The predicted octanol–water partition coefficient (Wildman–Crippen LogP) is 0.725. The van der Waals surface area contributed by atoms with Crippen LogP contribution >= 0.6 is 0 Å². The van der Waals surface area contributed by atoms with Gasteiger partial charge in [0.15, 0.2) is 0 Å². The van der Waals surface area contributed by atoms with Crippen molar-refractivity contribution in [1.29, 1.82) is 0 Å². The van der Waals surface area contributed by atoms with Crippen LogP contribution < -0.4 is 11.1 Å². The van der Waals surface area contributed by atoms with E-state index in [2.05, 4.69) is 15.5 Å². The second-order valence-electron chi connectivity index (χ2n) is 5.33. The van der Waals surface area contributed by atoms with Crippen LogP contribution in [0.1, 0.15) is 16.1 Å². The van der Waals surface area contributed by atoms with Gasteiger partial charge in [-0.2, -0.15) is 0 Å². The molecule has 9 heteroatoms. The van der Waals surface area contributed by atoms with Crippen LogP contribution in [0.2, 0.25) is 0 Å². The Hall–Kier alpha value is -3.75. The summed E-state index contributed by atoms with van der Waals surface area (Å²) in [4.78, 5) is 40.0. The number of furan rings is 1. The van der Waals surface area contributed by atoms with Crippen LogP contribution in [0.15, 0.2) is 58.0 Å². The first kappa shape index (κ1) is 17.1. The van der Waals surface area contributed by atoms with Crippen LogP contribution in [0.3, 0.4) is 0 Å². The highest BCUT2D eigenvalue weighted by Crippen LogP contribution is 2.19. The fraction of sp³-hybridized carbons (Fsp3) is 0.118. The summed E-state index contributed by atoms with van der Waals surface area (Å²) in [6.07, 6.45) is 4.08. The number of hydrogen-bond acceptors (Lipinski definition) is 7. The average molecular weight is 354 g/mol. The number of rotatable bonds is 7. The quantitative estimate of drug-likeness (QED) is 0.595. The first-order valence-corrected chi connectivity index (χ1v) is 7.59. The topological polar surface area (TPSA) is 141 Å². The molecule has 26 heavy (non-hydrogen) atoms. The molecule has 0 saturated heterocycles. The summed E-state index contributed by atoms with van der Waals surface area (Å²) in [5.74, 6) is -2.33. The number of primary amides is 1. The van der Waals surface area contributed by atoms with Crippen LogP contribution in [0.4, 0.5) is 0 Å². The second-order valence-corrected chi connectivity index (χ2v) is 5.33. The molecule has 0 aliphatic heterocycles. The molecular formula is C17H14N4O5. The third-order valence-electron chi connectivity index (χ3n) is 3.57. The summed E-state index contributed by atoms with van der Waals surface area (Å²) in [5, 5.41) is 6.25. The smallest absolute Gasteiger partial charge is 0.287 e. The maximum absolute atomic E-state index is 12.6. The number of Topliss-reactive ketones (excluding diaryl/α,β-unsaturated/α-hetero) is 1. The molecule has 3 rings (SSSR count). The molecule has 3 aromatic heterocycles. The van der Waals surface area contributed by atoms with Crippen molar-refractivity contribution in [3.63, 3.8) is 0 Å². The van der Waals surface area contributed by atoms with Crippen molar-refractivity contribution in [2.75, 3.05) is 0 Å². The zero-order valence-electron chi connectivity index (χ0n) is 13.4. The Kier molecular flexibility index (Phi) is 4.88. The predicted molar refractivity (Wildman–Crippen MR) is 87.6 cm³/mol. The lowest BCUT2D eigenvalue weighted by Gasteiger charge is -2.14. The van der Waals surface area contributed by atoms with Crippen LogP contribution in [0.5, 0.6) is 0 Å². The fourth-order valence-electron chi connectivity index (χ4n) is 2.33. The van der Waals surface area contributed by atoms with Gasteiger partial charge in [-0.05, 0) is 24.3 Å². The van der Waals surface area contributed by atoms with Gasteiger partial charge in [0.05, 0.1) is 12.0 Å². The molecule has 0 bridgehead atoms. The van der Waals surface area contributed by atoms with Crippen molar-refractivity contribution >= 4 is 17.6 Å². The lowest BCUT2D eigenvalue weighted by Crippen LogP contribution is -2.47. The lowest BCUT2D eigenvalue weighted by molar-refractivity contribution is -0.137. The maximum Gasteiger partial charge on any atom is 0.287 e. The molecule has 0 fully saturated rings. The number of amides is 2. The number of carbonyl (C=O) groups excluding carboxylic acids is 3. The molecule has 3 N–H and O–H groups in total. The summed E-state index contributed by atoms with van der Waals surface area (Å²) in [6.45, 7) is 0. The van der Waals surface area contributed by atoms with Gasteiger partial charge in [0.2, 0.25) is 5.78 Å². The minimum absolute atomic E-state index is 0.0231. The minimum atomic E-state index is -1.18. The van der Waals surface area contributed by atoms with Gasteiger partial charge in [-0.25, -0.2) is 0 Å². The molecule has 0 saturated carbocycles.